The number of nitrogens with two attached hydrogens (primary N) is 1. The van der Waals surface area contributed by atoms with E-state index in [9.17, 15) is 0 Å². The van der Waals surface area contributed by atoms with Crippen molar-refractivity contribution in [2.45, 2.75) is 25.9 Å². The number of aromatic nitrogens is 4. The molecule has 0 atom stereocenters. The summed E-state index contributed by atoms with van der Waals surface area (Å²) in [5.41, 5.74) is 10.8. The zero-order valence-corrected chi connectivity index (χ0v) is 15.2. The molecule has 0 amide bonds. The average Bonchev–Trinajstić information content (AvgIpc) is 3.15. The van der Waals surface area contributed by atoms with Gasteiger partial charge in [-0.1, -0.05) is 6.07 Å². The van der Waals surface area contributed by atoms with Crippen LogP contribution in [-0.4, -0.2) is 19.9 Å². The van der Waals surface area contributed by atoms with Gasteiger partial charge in [0.2, 0.25) is 11.8 Å². The van der Waals surface area contributed by atoms with Gasteiger partial charge in [-0.15, -0.1) is 12.4 Å². The van der Waals surface area contributed by atoms with Crippen molar-refractivity contribution in [1.29, 1.82) is 5.26 Å². The number of anilines is 1. The topological polar surface area (TPSA) is 111 Å². The first kappa shape index (κ1) is 18.5. The summed E-state index contributed by atoms with van der Waals surface area (Å²) in [5, 5.41) is 8.95. The lowest BCUT2D eigenvalue weighted by molar-refractivity contribution is 0.288. The molecule has 4 rings (SSSR count). The van der Waals surface area contributed by atoms with Crippen LogP contribution in [0.1, 0.15) is 29.1 Å². The van der Waals surface area contributed by atoms with E-state index in [0.717, 1.165) is 36.1 Å². The van der Waals surface area contributed by atoms with Crippen molar-refractivity contribution >= 4 is 18.4 Å². The fraction of sp³-hybridized carbons (Fsp3) is 0.211. The second-order valence-electron chi connectivity index (χ2n) is 6.03. The molecule has 1 aliphatic carbocycles. The minimum Gasteiger partial charge on any atom is -0.471 e. The third kappa shape index (κ3) is 3.96. The molecule has 2 N–H and O–H groups in total. The Kier molecular flexibility index (Phi) is 5.48. The van der Waals surface area contributed by atoms with Gasteiger partial charge in [-0.2, -0.15) is 5.26 Å². The van der Waals surface area contributed by atoms with E-state index in [2.05, 4.69) is 19.9 Å². The molecule has 3 aromatic heterocycles. The molecular weight excluding hydrogens is 364 g/mol. The molecule has 3 aromatic rings. The summed E-state index contributed by atoms with van der Waals surface area (Å²) in [6.45, 7) is 0.249. The van der Waals surface area contributed by atoms with Gasteiger partial charge in [0.25, 0.3) is 0 Å². The SMILES string of the molecule is Cl.N#Cc1cccc(COc2cc(-c3cnc(N)nc3)c3c(n2)CCC3)n1. The normalized spacial score (nSPS) is 12.0. The van der Waals surface area contributed by atoms with Crippen molar-refractivity contribution in [3.63, 3.8) is 0 Å². The number of nitriles is 1. The highest BCUT2D eigenvalue weighted by molar-refractivity contribution is 5.85. The van der Waals surface area contributed by atoms with Crippen LogP contribution in [-0.2, 0) is 19.4 Å². The van der Waals surface area contributed by atoms with Crippen LogP contribution in [0.25, 0.3) is 11.1 Å². The van der Waals surface area contributed by atoms with Gasteiger partial charge in [-0.3, -0.25) is 0 Å². The maximum Gasteiger partial charge on any atom is 0.219 e. The maximum absolute atomic E-state index is 8.95. The van der Waals surface area contributed by atoms with Gasteiger partial charge in [-0.05, 0) is 42.5 Å². The third-order valence-electron chi connectivity index (χ3n) is 4.30. The minimum absolute atomic E-state index is 0. The number of aryl methyl sites for hydroxylation is 1. The quantitative estimate of drug-likeness (QED) is 0.740. The summed E-state index contributed by atoms with van der Waals surface area (Å²) in [6.07, 6.45) is 6.42. The standard InChI is InChI=1S/C19H16N6O.ClH/c20-8-13-3-1-4-14(24-13)11-26-18-7-16(12-9-22-19(21)23-10-12)15-5-2-6-17(15)25-18;/h1,3-4,7,9-10H,2,5-6,11H2,(H2,21,22,23);1H. The van der Waals surface area contributed by atoms with Crippen LogP contribution in [0.2, 0.25) is 0 Å². The Morgan fingerprint density at radius 2 is 1.96 bits per heavy atom. The summed E-state index contributed by atoms with van der Waals surface area (Å²) < 4.78 is 5.85. The Bertz CT molecular complexity index is 1000. The van der Waals surface area contributed by atoms with Crippen LogP contribution in [0.4, 0.5) is 5.95 Å². The third-order valence-corrected chi connectivity index (χ3v) is 4.30. The van der Waals surface area contributed by atoms with Crippen LogP contribution in [0.5, 0.6) is 5.88 Å². The Morgan fingerprint density at radius 1 is 1.15 bits per heavy atom. The Balaban J connectivity index is 0.00000210. The summed E-state index contributed by atoms with van der Waals surface area (Å²) in [6, 6.07) is 9.21. The van der Waals surface area contributed by atoms with Gasteiger partial charge in [-0.25, -0.2) is 19.9 Å². The number of hydrogen-bond acceptors (Lipinski definition) is 7. The monoisotopic (exact) mass is 380 g/mol. The second kappa shape index (κ2) is 7.98. The molecule has 1 aliphatic rings. The fourth-order valence-electron chi connectivity index (χ4n) is 3.10. The summed E-state index contributed by atoms with van der Waals surface area (Å²) in [5.74, 6) is 0.779. The molecule has 8 heteroatoms. The zero-order chi connectivity index (χ0) is 17.9. The lowest BCUT2D eigenvalue weighted by Gasteiger charge is -2.12. The maximum atomic E-state index is 8.95. The fourth-order valence-corrected chi connectivity index (χ4v) is 3.10. The first-order valence-electron chi connectivity index (χ1n) is 8.32. The molecule has 0 saturated carbocycles. The molecule has 7 nitrogen and oxygen atoms in total. The van der Waals surface area contributed by atoms with E-state index in [4.69, 9.17) is 15.7 Å². The zero-order valence-electron chi connectivity index (χ0n) is 14.4. The molecule has 0 bridgehead atoms. The van der Waals surface area contributed by atoms with Crippen LogP contribution in [0, 0.1) is 11.3 Å². The van der Waals surface area contributed by atoms with Gasteiger partial charge in [0.1, 0.15) is 18.4 Å². The number of fused-ring (bicyclic) bond motifs is 1. The Labute approximate surface area is 162 Å². The van der Waals surface area contributed by atoms with Crippen molar-refractivity contribution in [2.24, 2.45) is 0 Å². The lowest BCUT2D eigenvalue weighted by atomic mass is 10.0. The van der Waals surface area contributed by atoms with Crippen LogP contribution in [0.3, 0.4) is 0 Å². The first-order valence-corrected chi connectivity index (χ1v) is 8.32. The highest BCUT2D eigenvalue weighted by Gasteiger charge is 2.20. The highest BCUT2D eigenvalue weighted by Crippen LogP contribution is 2.33. The summed E-state index contributed by atoms with van der Waals surface area (Å²) in [7, 11) is 0. The number of pyridine rings is 2. The number of ether oxygens (including phenoxy) is 1. The molecular formula is C19H17ClN6O. The molecule has 0 unspecified atom stereocenters. The van der Waals surface area contributed by atoms with Crippen LogP contribution >= 0.6 is 12.4 Å². The Hall–Kier alpha value is -3.24. The van der Waals surface area contributed by atoms with Crippen LogP contribution in [0.15, 0.2) is 36.7 Å². The van der Waals surface area contributed by atoms with Gasteiger partial charge < -0.3 is 10.5 Å². The van der Waals surface area contributed by atoms with Crippen molar-refractivity contribution < 1.29 is 4.74 Å². The van der Waals surface area contributed by atoms with Gasteiger partial charge in [0.05, 0.1) is 5.69 Å². The van der Waals surface area contributed by atoms with Crippen molar-refractivity contribution in [3.05, 3.63) is 59.3 Å². The van der Waals surface area contributed by atoms with E-state index in [1.807, 2.05) is 18.2 Å². The van der Waals surface area contributed by atoms with Crippen molar-refractivity contribution in [2.75, 3.05) is 5.73 Å². The summed E-state index contributed by atoms with van der Waals surface area (Å²) >= 11 is 0. The lowest BCUT2D eigenvalue weighted by Crippen LogP contribution is -2.03. The minimum atomic E-state index is 0. The first-order chi connectivity index (χ1) is 12.7. The average molecular weight is 381 g/mol. The molecule has 136 valence electrons. The van der Waals surface area contributed by atoms with Gasteiger partial charge >= 0.3 is 0 Å². The number of hydrogen-bond donors (Lipinski definition) is 1. The molecule has 0 spiro atoms. The predicted molar refractivity (Wildman–Crippen MR) is 102 cm³/mol. The molecule has 27 heavy (non-hydrogen) atoms. The van der Waals surface area contributed by atoms with Crippen LogP contribution < -0.4 is 10.5 Å². The molecule has 3 heterocycles. The van der Waals surface area contributed by atoms with E-state index < -0.39 is 0 Å². The highest BCUT2D eigenvalue weighted by atomic mass is 35.5. The largest absolute Gasteiger partial charge is 0.471 e. The van der Waals surface area contributed by atoms with Crippen molar-refractivity contribution in [1.82, 2.24) is 19.9 Å². The number of nitrogen functional groups attached to an aromatic ring is 1. The van der Waals surface area contributed by atoms with E-state index >= 15 is 0 Å². The molecule has 0 fully saturated rings. The smallest absolute Gasteiger partial charge is 0.219 e. The van der Waals surface area contributed by atoms with E-state index in [1.54, 1.807) is 24.5 Å². The summed E-state index contributed by atoms with van der Waals surface area (Å²) in [4.78, 5) is 17.0. The number of nitrogens with zero attached hydrogens (tertiary/aromatic N) is 5. The van der Waals surface area contributed by atoms with E-state index in [1.165, 1.54) is 5.56 Å². The van der Waals surface area contributed by atoms with Crippen molar-refractivity contribution in [3.8, 4) is 23.1 Å². The van der Waals surface area contributed by atoms with Gasteiger partial charge in [0, 0.05) is 29.7 Å². The Morgan fingerprint density at radius 3 is 2.74 bits per heavy atom. The molecule has 0 aromatic carbocycles. The van der Waals surface area contributed by atoms with E-state index in [-0.39, 0.29) is 25.0 Å². The number of halogens is 1. The van der Waals surface area contributed by atoms with E-state index in [0.29, 0.717) is 17.3 Å². The van der Waals surface area contributed by atoms with Gasteiger partial charge in [0.15, 0.2) is 0 Å². The molecule has 0 saturated heterocycles. The predicted octanol–water partition coefficient (Wildman–Crippen LogP) is 2.88. The number of rotatable bonds is 4. The molecule has 0 aliphatic heterocycles. The molecule has 0 radical (unpaired) electrons. The second-order valence-corrected chi connectivity index (χ2v) is 6.03.